The molecule has 0 unspecified atom stereocenters. The van der Waals surface area contributed by atoms with Gasteiger partial charge in [0, 0.05) is 21.2 Å². The summed E-state index contributed by atoms with van der Waals surface area (Å²) in [6.45, 7) is 0. The van der Waals surface area contributed by atoms with Crippen molar-refractivity contribution in [2.75, 3.05) is 0 Å². The van der Waals surface area contributed by atoms with E-state index in [0.717, 1.165) is 0 Å². The van der Waals surface area contributed by atoms with Crippen LogP contribution in [0.4, 0.5) is 0 Å². The van der Waals surface area contributed by atoms with Crippen LogP contribution in [0.15, 0.2) is 36.4 Å². The number of carbonyl (C=O) groups excluding carboxylic acids is 2. The minimum atomic E-state index is -0.292. The molecule has 0 spiro atoms. The second kappa shape index (κ2) is 9.42. The van der Waals surface area contributed by atoms with Crippen molar-refractivity contribution in [2.24, 2.45) is 0 Å². The van der Waals surface area contributed by atoms with E-state index in [9.17, 15) is 19.8 Å². The van der Waals surface area contributed by atoms with Crippen molar-refractivity contribution in [3.05, 3.63) is 57.6 Å². The predicted octanol–water partition coefficient (Wildman–Crippen LogP) is 2.45. The number of hydrogen-bond donors (Lipinski definition) is 0. The molecule has 0 aromatic heterocycles. The fraction of sp³-hybridized carbons (Fsp3) is 0. The van der Waals surface area contributed by atoms with Gasteiger partial charge in [0.25, 0.3) is 0 Å². The minimum absolute atomic E-state index is 0. The van der Waals surface area contributed by atoms with Gasteiger partial charge in [0.15, 0.2) is 0 Å². The quantitative estimate of drug-likeness (QED) is 0.597. The van der Waals surface area contributed by atoms with Gasteiger partial charge in [-0.1, -0.05) is 46.8 Å². The summed E-state index contributed by atoms with van der Waals surface area (Å²) in [4.78, 5) is 20.2. The molecule has 2 aromatic rings. The summed E-state index contributed by atoms with van der Waals surface area (Å²) in [5.74, 6) is -0.584. The normalized spacial score (nSPS) is 8.86. The number of aldehydes is 2. The van der Waals surface area contributed by atoms with Crippen molar-refractivity contribution in [3.63, 3.8) is 0 Å². The summed E-state index contributed by atoms with van der Waals surface area (Å²) < 4.78 is 0. The van der Waals surface area contributed by atoms with E-state index in [-0.39, 0.29) is 39.7 Å². The molecule has 2 rings (SSSR count). The van der Waals surface area contributed by atoms with Gasteiger partial charge in [-0.25, -0.2) is 0 Å². The number of hydrogen-bond acceptors (Lipinski definition) is 4. The molecule has 113 valence electrons. The molecule has 21 heavy (non-hydrogen) atoms. The first kappa shape index (κ1) is 19.5. The second-order valence-electron chi connectivity index (χ2n) is 3.60. The Labute approximate surface area is 141 Å². The SMILES string of the molecule is O=Cc1cc(Cl)ccc1[O-].O=Cc1cc(Cl)ccc1[O-].[Cu+2]. The van der Waals surface area contributed by atoms with Crippen molar-refractivity contribution >= 4 is 35.8 Å². The predicted molar refractivity (Wildman–Crippen MR) is 72.6 cm³/mol. The first-order chi connectivity index (χ1) is 9.47. The first-order valence-corrected chi connectivity index (χ1v) is 6.07. The molecule has 0 fully saturated rings. The van der Waals surface area contributed by atoms with E-state index in [1.165, 1.54) is 36.4 Å². The van der Waals surface area contributed by atoms with E-state index in [4.69, 9.17) is 23.2 Å². The molecule has 0 saturated heterocycles. The van der Waals surface area contributed by atoms with Crippen LogP contribution >= 0.6 is 23.2 Å². The van der Waals surface area contributed by atoms with Gasteiger partial charge in [-0.05, 0) is 24.3 Å². The van der Waals surface area contributed by atoms with Crippen LogP contribution in [0.1, 0.15) is 20.7 Å². The summed E-state index contributed by atoms with van der Waals surface area (Å²) in [5, 5.41) is 22.2. The van der Waals surface area contributed by atoms with E-state index in [1.54, 1.807) is 0 Å². The second-order valence-corrected chi connectivity index (χ2v) is 4.47. The average Bonchev–Trinajstić information content (AvgIpc) is 2.44. The molecule has 4 nitrogen and oxygen atoms in total. The fourth-order valence-electron chi connectivity index (χ4n) is 1.22. The van der Waals surface area contributed by atoms with E-state index >= 15 is 0 Å². The average molecular weight is 375 g/mol. The van der Waals surface area contributed by atoms with Crippen LogP contribution in [0.25, 0.3) is 0 Å². The molecule has 0 amide bonds. The van der Waals surface area contributed by atoms with Gasteiger partial charge in [-0.3, -0.25) is 9.59 Å². The van der Waals surface area contributed by atoms with Gasteiger partial charge in [0.05, 0.1) is 0 Å². The Balaban J connectivity index is 0.000000364. The van der Waals surface area contributed by atoms with Crippen molar-refractivity contribution in [3.8, 4) is 11.5 Å². The van der Waals surface area contributed by atoms with Crippen LogP contribution in [0.2, 0.25) is 10.0 Å². The molecule has 0 aliphatic carbocycles. The van der Waals surface area contributed by atoms with Crippen LogP contribution < -0.4 is 10.2 Å². The molecular formula is C14H8Cl2CuO4. The molecule has 0 bridgehead atoms. The van der Waals surface area contributed by atoms with Crippen molar-refractivity contribution in [1.29, 1.82) is 0 Å². The van der Waals surface area contributed by atoms with Crippen molar-refractivity contribution < 1.29 is 36.9 Å². The van der Waals surface area contributed by atoms with Gasteiger partial charge in [-0.15, -0.1) is 0 Å². The van der Waals surface area contributed by atoms with E-state index < -0.39 is 0 Å². The third-order valence-corrected chi connectivity index (χ3v) is 2.67. The number of rotatable bonds is 2. The summed E-state index contributed by atoms with van der Waals surface area (Å²) in [5.41, 5.74) is 0.208. The van der Waals surface area contributed by atoms with Crippen LogP contribution in [0.3, 0.4) is 0 Å². The van der Waals surface area contributed by atoms with E-state index in [0.29, 0.717) is 22.6 Å². The molecule has 0 N–H and O–H groups in total. The first-order valence-electron chi connectivity index (χ1n) is 5.31. The molecule has 1 radical (unpaired) electrons. The molecule has 0 heterocycles. The molecule has 0 aliphatic rings. The van der Waals surface area contributed by atoms with Gasteiger partial charge in [0.1, 0.15) is 12.6 Å². The maximum absolute atomic E-state index is 10.7. The Kier molecular flexibility index (Phi) is 8.74. The van der Waals surface area contributed by atoms with Gasteiger partial charge in [-0.2, -0.15) is 0 Å². The third-order valence-electron chi connectivity index (χ3n) is 2.20. The zero-order valence-electron chi connectivity index (χ0n) is 10.3. The maximum Gasteiger partial charge on any atom is 2.00 e. The monoisotopic (exact) mass is 373 g/mol. The Morgan fingerprint density at radius 3 is 1.33 bits per heavy atom. The molecule has 2 aromatic carbocycles. The number of carbonyl (C=O) groups is 2. The Morgan fingerprint density at radius 2 is 1.10 bits per heavy atom. The van der Waals surface area contributed by atoms with E-state index in [1.807, 2.05) is 0 Å². The van der Waals surface area contributed by atoms with Crippen LogP contribution in [-0.2, 0) is 17.1 Å². The Morgan fingerprint density at radius 1 is 0.762 bits per heavy atom. The minimum Gasteiger partial charge on any atom is -0.872 e. The summed E-state index contributed by atoms with van der Waals surface area (Å²) >= 11 is 11.0. The Bertz CT molecular complexity index is 577. The van der Waals surface area contributed by atoms with Gasteiger partial charge < -0.3 is 10.2 Å². The zero-order valence-corrected chi connectivity index (χ0v) is 12.8. The number of halogens is 2. The van der Waals surface area contributed by atoms with Crippen molar-refractivity contribution in [1.82, 2.24) is 0 Å². The maximum atomic E-state index is 10.7. The summed E-state index contributed by atoms with van der Waals surface area (Å²) in [6, 6.07) is 8.14. The summed E-state index contributed by atoms with van der Waals surface area (Å²) in [7, 11) is 0. The third kappa shape index (κ3) is 6.19. The fourth-order valence-corrected chi connectivity index (χ4v) is 1.58. The smallest absolute Gasteiger partial charge is 0.872 e. The summed E-state index contributed by atoms with van der Waals surface area (Å²) in [6.07, 6.45) is 0.989. The molecule has 0 aliphatic heterocycles. The Hall–Kier alpha value is -1.52. The molecule has 0 saturated carbocycles. The van der Waals surface area contributed by atoms with Gasteiger partial charge >= 0.3 is 17.1 Å². The standard InChI is InChI=1S/2C7H5ClO2.Cu/c2*8-6-1-2-7(10)5(3-6)4-9;/h2*1-4,10H;/q;;+2/p-2. The molecular weight excluding hydrogens is 367 g/mol. The number of benzene rings is 2. The van der Waals surface area contributed by atoms with Crippen LogP contribution in [-0.4, -0.2) is 12.6 Å². The zero-order chi connectivity index (χ0) is 15.1. The molecule has 0 atom stereocenters. The van der Waals surface area contributed by atoms with Crippen molar-refractivity contribution in [2.45, 2.75) is 0 Å². The van der Waals surface area contributed by atoms with E-state index in [2.05, 4.69) is 0 Å². The largest absolute Gasteiger partial charge is 2.00 e. The van der Waals surface area contributed by atoms with Crippen LogP contribution in [0, 0.1) is 0 Å². The van der Waals surface area contributed by atoms with Gasteiger partial charge in [0.2, 0.25) is 0 Å². The topological polar surface area (TPSA) is 80.3 Å². The van der Waals surface area contributed by atoms with Crippen LogP contribution in [0.5, 0.6) is 11.5 Å². The molecule has 7 heteroatoms.